The number of aromatic nitrogens is 1. The van der Waals surface area contributed by atoms with Crippen molar-refractivity contribution in [3.8, 4) is 16.3 Å². The molecule has 3 rings (SSSR count). The lowest BCUT2D eigenvalue weighted by atomic mass is 10.1. The predicted molar refractivity (Wildman–Crippen MR) is 87.6 cm³/mol. The Bertz CT molecular complexity index is 789. The normalized spacial score (nSPS) is 17.0. The van der Waals surface area contributed by atoms with Crippen LogP contribution < -0.4 is 4.74 Å². The Morgan fingerprint density at radius 3 is 2.88 bits per heavy atom. The number of carbonyl (C=O) groups excluding carboxylic acids is 1. The number of thiazole rings is 1. The minimum absolute atomic E-state index is 0.121. The number of aryl methyl sites for hydroxylation is 1. The molecule has 0 bridgehead atoms. The molecule has 1 fully saturated rings. The number of aromatic carboxylic acids is 1. The number of amides is 1. The molecule has 0 unspecified atom stereocenters. The van der Waals surface area contributed by atoms with Crippen LogP contribution in [0.3, 0.4) is 0 Å². The molecule has 1 atom stereocenters. The van der Waals surface area contributed by atoms with Gasteiger partial charge in [0.1, 0.15) is 17.4 Å². The van der Waals surface area contributed by atoms with Gasteiger partial charge in [0, 0.05) is 23.7 Å². The van der Waals surface area contributed by atoms with Crippen molar-refractivity contribution in [2.45, 2.75) is 13.0 Å². The van der Waals surface area contributed by atoms with Gasteiger partial charge in [0.15, 0.2) is 6.10 Å². The van der Waals surface area contributed by atoms with Crippen molar-refractivity contribution >= 4 is 23.4 Å². The molecule has 2 heterocycles. The highest BCUT2D eigenvalue weighted by molar-refractivity contribution is 7.14. The molecule has 0 radical (unpaired) electrons. The van der Waals surface area contributed by atoms with Crippen molar-refractivity contribution in [1.82, 2.24) is 9.88 Å². The first-order valence-electron chi connectivity index (χ1n) is 7.28. The van der Waals surface area contributed by atoms with Crippen LogP contribution in [0.25, 0.3) is 10.6 Å². The zero-order chi connectivity index (χ0) is 17.3. The van der Waals surface area contributed by atoms with Gasteiger partial charge in [-0.25, -0.2) is 14.6 Å². The molecule has 1 aliphatic rings. The van der Waals surface area contributed by atoms with Gasteiger partial charge in [-0.3, -0.25) is 0 Å². The fraction of sp³-hybridized carbons (Fsp3) is 0.312. The molecular formula is C16H16N2O5S. The van der Waals surface area contributed by atoms with Crippen LogP contribution in [0.4, 0.5) is 4.79 Å². The molecular weight excluding hydrogens is 332 g/mol. The topological polar surface area (TPSA) is 89.0 Å². The highest BCUT2D eigenvalue weighted by Crippen LogP contribution is 2.29. The van der Waals surface area contributed by atoms with Gasteiger partial charge >= 0.3 is 12.1 Å². The third kappa shape index (κ3) is 3.48. The van der Waals surface area contributed by atoms with Crippen LogP contribution in [-0.4, -0.2) is 53.4 Å². The van der Waals surface area contributed by atoms with E-state index in [1.807, 2.05) is 6.92 Å². The lowest BCUT2D eigenvalue weighted by molar-refractivity contribution is 0.0696. The second kappa shape index (κ2) is 6.48. The average Bonchev–Trinajstić information content (AvgIpc) is 3.11. The van der Waals surface area contributed by atoms with Gasteiger partial charge in [0.05, 0.1) is 12.1 Å². The van der Waals surface area contributed by atoms with Crippen molar-refractivity contribution in [1.29, 1.82) is 0 Å². The number of hydrogen-bond acceptors (Lipinski definition) is 6. The number of nitrogens with zero attached hydrogens (tertiary/aromatic N) is 2. The van der Waals surface area contributed by atoms with Gasteiger partial charge in [-0.05, 0) is 25.1 Å². The fourth-order valence-corrected chi connectivity index (χ4v) is 3.09. The number of ether oxygens (including phenoxy) is 2. The van der Waals surface area contributed by atoms with E-state index < -0.39 is 5.97 Å². The number of hydrogen-bond donors (Lipinski definition) is 1. The van der Waals surface area contributed by atoms with Gasteiger partial charge < -0.3 is 19.5 Å². The van der Waals surface area contributed by atoms with Crippen LogP contribution in [0.2, 0.25) is 0 Å². The highest BCUT2D eigenvalue weighted by Gasteiger charge is 2.28. The molecule has 7 nitrogen and oxygen atoms in total. The van der Waals surface area contributed by atoms with Crippen molar-refractivity contribution in [3.63, 3.8) is 0 Å². The number of carboxylic acids is 1. The quantitative estimate of drug-likeness (QED) is 0.893. The maximum absolute atomic E-state index is 11.3. The Morgan fingerprint density at radius 2 is 2.29 bits per heavy atom. The van der Waals surface area contributed by atoms with Crippen LogP contribution >= 0.6 is 11.3 Å². The first kappa shape index (κ1) is 16.3. The van der Waals surface area contributed by atoms with Crippen LogP contribution in [-0.2, 0) is 4.74 Å². The minimum Gasteiger partial charge on any atom is -0.490 e. The summed E-state index contributed by atoms with van der Waals surface area (Å²) in [6.45, 7) is 2.54. The molecule has 126 valence electrons. The Kier molecular flexibility index (Phi) is 4.39. The highest BCUT2D eigenvalue weighted by atomic mass is 32.1. The molecule has 1 N–H and O–H groups in total. The molecule has 1 saturated heterocycles. The number of benzene rings is 1. The van der Waals surface area contributed by atoms with Gasteiger partial charge in [-0.15, -0.1) is 11.3 Å². The second-order valence-corrected chi connectivity index (χ2v) is 6.76. The van der Waals surface area contributed by atoms with E-state index in [0.29, 0.717) is 17.9 Å². The molecule has 1 amide bonds. The second-order valence-electron chi connectivity index (χ2n) is 5.52. The Balaban J connectivity index is 1.80. The van der Waals surface area contributed by atoms with Gasteiger partial charge in [0.25, 0.3) is 0 Å². The summed E-state index contributed by atoms with van der Waals surface area (Å²) in [5.41, 5.74) is 0.805. The molecule has 1 aromatic heterocycles. The molecule has 0 aliphatic carbocycles. The molecule has 1 aromatic carbocycles. The minimum atomic E-state index is -1.04. The van der Waals surface area contributed by atoms with Crippen LogP contribution in [0.1, 0.15) is 15.2 Å². The first-order chi connectivity index (χ1) is 11.4. The lowest BCUT2D eigenvalue weighted by Crippen LogP contribution is -2.23. The number of carboxylic acid groups (broad SMARTS) is 1. The van der Waals surface area contributed by atoms with E-state index in [4.69, 9.17) is 9.47 Å². The third-order valence-corrected chi connectivity index (χ3v) is 4.48. The molecule has 0 saturated carbocycles. The van der Waals surface area contributed by atoms with Crippen molar-refractivity contribution in [2.75, 3.05) is 20.2 Å². The maximum atomic E-state index is 11.3. The summed E-state index contributed by atoms with van der Waals surface area (Å²) in [7, 11) is 1.65. The molecule has 2 aromatic rings. The maximum Gasteiger partial charge on any atom is 0.410 e. The van der Waals surface area contributed by atoms with E-state index >= 15 is 0 Å². The van der Waals surface area contributed by atoms with Gasteiger partial charge in [0.2, 0.25) is 0 Å². The zero-order valence-corrected chi connectivity index (χ0v) is 14.0. The van der Waals surface area contributed by atoms with Crippen LogP contribution in [0.15, 0.2) is 24.4 Å². The van der Waals surface area contributed by atoms with Crippen molar-refractivity contribution in [3.05, 3.63) is 34.8 Å². The summed E-state index contributed by atoms with van der Waals surface area (Å²) < 4.78 is 10.8. The molecule has 8 heteroatoms. The monoisotopic (exact) mass is 348 g/mol. The lowest BCUT2D eigenvalue weighted by Gasteiger charge is -2.12. The zero-order valence-electron chi connectivity index (χ0n) is 13.2. The van der Waals surface area contributed by atoms with E-state index in [0.717, 1.165) is 9.88 Å². The molecule has 0 spiro atoms. The van der Waals surface area contributed by atoms with E-state index in [9.17, 15) is 14.7 Å². The van der Waals surface area contributed by atoms with E-state index in [2.05, 4.69) is 4.98 Å². The standard InChI is InChI=1S/C16H16N2O5S/c1-9-6-17-14(24-9)10-3-11(15(19)20)5-12(4-10)22-8-13-7-18(2)16(21)23-13/h3-6,13H,7-8H2,1-2H3,(H,19,20)/t13-/m1/s1. The third-order valence-electron chi connectivity index (χ3n) is 3.51. The van der Waals surface area contributed by atoms with Crippen LogP contribution in [0, 0.1) is 6.92 Å². The Morgan fingerprint density at radius 1 is 1.50 bits per heavy atom. The fourth-order valence-electron chi connectivity index (χ4n) is 2.34. The van der Waals surface area contributed by atoms with Crippen molar-refractivity contribution in [2.24, 2.45) is 0 Å². The predicted octanol–water partition coefficient (Wildman–Crippen LogP) is 2.65. The summed E-state index contributed by atoms with van der Waals surface area (Å²) in [6, 6.07) is 4.76. The largest absolute Gasteiger partial charge is 0.490 e. The summed E-state index contributed by atoms with van der Waals surface area (Å²) in [5, 5.41) is 10.0. The molecule has 1 aliphatic heterocycles. The Hall–Kier alpha value is -2.61. The molecule has 24 heavy (non-hydrogen) atoms. The first-order valence-corrected chi connectivity index (χ1v) is 8.10. The van der Waals surface area contributed by atoms with E-state index in [1.165, 1.54) is 22.3 Å². The summed E-state index contributed by atoms with van der Waals surface area (Å²) in [5.74, 6) is -0.634. The van der Waals surface area contributed by atoms with Gasteiger partial charge in [-0.2, -0.15) is 0 Å². The summed E-state index contributed by atoms with van der Waals surface area (Å²) in [4.78, 5) is 29.5. The summed E-state index contributed by atoms with van der Waals surface area (Å²) in [6.07, 6.45) is 0.977. The van der Waals surface area contributed by atoms with Gasteiger partial charge in [-0.1, -0.05) is 0 Å². The van der Waals surface area contributed by atoms with E-state index in [-0.39, 0.29) is 24.4 Å². The number of carbonyl (C=O) groups is 2. The van der Waals surface area contributed by atoms with E-state index in [1.54, 1.807) is 25.4 Å². The number of cyclic esters (lactones) is 1. The average molecular weight is 348 g/mol. The smallest absolute Gasteiger partial charge is 0.410 e. The number of rotatable bonds is 5. The Labute approximate surface area is 142 Å². The summed E-state index contributed by atoms with van der Waals surface area (Å²) >= 11 is 1.48. The van der Waals surface area contributed by atoms with Crippen LogP contribution in [0.5, 0.6) is 5.75 Å². The van der Waals surface area contributed by atoms with Crippen molar-refractivity contribution < 1.29 is 24.2 Å². The number of likely N-dealkylation sites (N-methyl/N-ethyl adjacent to an activating group) is 1. The SMILES string of the molecule is Cc1cnc(-c2cc(OC[C@H]3CN(C)C(=O)O3)cc(C(=O)O)c2)s1.